The summed E-state index contributed by atoms with van der Waals surface area (Å²) in [6, 6.07) is 5.94. The van der Waals surface area contributed by atoms with E-state index in [4.69, 9.17) is 9.47 Å². The molecule has 1 heterocycles. The minimum Gasteiger partial charge on any atom is -0.381 e. The lowest BCUT2D eigenvalue weighted by Crippen LogP contribution is -2.42. The van der Waals surface area contributed by atoms with Gasteiger partial charge in [-0.2, -0.15) is 0 Å². The number of carbonyl (C=O) groups excluding carboxylic acids is 1. The maximum absolute atomic E-state index is 12.9. The standard InChI is InChI=1S/C20H31FN4O3.HI/c1-22-20(24-8-2-11-27-14-17-7-12-28-15-17)25-10-9-23-19(26)13-16-3-5-18(21)6-4-16;/h3-6,17H,2,7-15H2,1H3,(H,23,26)(H2,22,24,25);1H. The van der Waals surface area contributed by atoms with Gasteiger partial charge in [0.25, 0.3) is 0 Å². The number of ether oxygens (including phenoxy) is 2. The first-order valence-corrected chi connectivity index (χ1v) is 9.78. The van der Waals surface area contributed by atoms with E-state index < -0.39 is 0 Å². The van der Waals surface area contributed by atoms with Crippen molar-refractivity contribution in [2.75, 3.05) is 53.1 Å². The number of benzene rings is 1. The van der Waals surface area contributed by atoms with Gasteiger partial charge in [-0.05, 0) is 30.5 Å². The molecule has 1 unspecified atom stereocenters. The van der Waals surface area contributed by atoms with Crippen molar-refractivity contribution < 1.29 is 18.7 Å². The number of hydrogen-bond donors (Lipinski definition) is 3. The molecule has 0 radical (unpaired) electrons. The summed E-state index contributed by atoms with van der Waals surface area (Å²) in [5.41, 5.74) is 0.784. The molecular formula is C20H32FIN4O3. The Bertz CT molecular complexity index is 610. The van der Waals surface area contributed by atoms with Gasteiger partial charge in [-0.25, -0.2) is 4.39 Å². The molecule has 9 heteroatoms. The zero-order valence-corrected chi connectivity index (χ0v) is 19.2. The average molecular weight is 522 g/mol. The van der Waals surface area contributed by atoms with Crippen LogP contribution in [0.3, 0.4) is 0 Å². The Balaban J connectivity index is 0.00000420. The van der Waals surface area contributed by atoms with Crippen LogP contribution in [0.4, 0.5) is 4.39 Å². The summed E-state index contributed by atoms with van der Waals surface area (Å²) in [5, 5.41) is 9.19. The molecule has 1 saturated heterocycles. The van der Waals surface area contributed by atoms with E-state index in [9.17, 15) is 9.18 Å². The van der Waals surface area contributed by atoms with Gasteiger partial charge in [0.15, 0.2) is 5.96 Å². The van der Waals surface area contributed by atoms with Crippen LogP contribution in [-0.4, -0.2) is 65.0 Å². The fourth-order valence-corrected chi connectivity index (χ4v) is 2.80. The Kier molecular flexibility index (Phi) is 13.6. The van der Waals surface area contributed by atoms with Crippen molar-refractivity contribution in [3.8, 4) is 0 Å². The summed E-state index contributed by atoms with van der Waals surface area (Å²) in [6.07, 6.45) is 2.22. The van der Waals surface area contributed by atoms with E-state index in [1.54, 1.807) is 19.2 Å². The molecular weight excluding hydrogens is 490 g/mol. The number of nitrogens with zero attached hydrogens (tertiary/aromatic N) is 1. The Morgan fingerprint density at radius 1 is 1.21 bits per heavy atom. The summed E-state index contributed by atoms with van der Waals surface area (Å²) >= 11 is 0. The Morgan fingerprint density at radius 2 is 1.93 bits per heavy atom. The van der Waals surface area contributed by atoms with Crippen molar-refractivity contribution in [1.82, 2.24) is 16.0 Å². The number of amides is 1. The second-order valence-corrected chi connectivity index (χ2v) is 6.74. The lowest BCUT2D eigenvalue weighted by Gasteiger charge is -2.13. The topological polar surface area (TPSA) is 84.0 Å². The van der Waals surface area contributed by atoms with Crippen molar-refractivity contribution in [3.63, 3.8) is 0 Å². The maximum Gasteiger partial charge on any atom is 0.224 e. The van der Waals surface area contributed by atoms with Crippen molar-refractivity contribution >= 4 is 35.8 Å². The summed E-state index contributed by atoms with van der Waals surface area (Å²) < 4.78 is 23.8. The Morgan fingerprint density at radius 3 is 2.62 bits per heavy atom. The SMILES string of the molecule is CN=C(NCCCOCC1CCOC1)NCCNC(=O)Cc1ccc(F)cc1.I. The van der Waals surface area contributed by atoms with E-state index >= 15 is 0 Å². The van der Waals surface area contributed by atoms with Crippen LogP contribution < -0.4 is 16.0 Å². The first kappa shape index (κ1) is 25.6. The van der Waals surface area contributed by atoms with E-state index in [1.807, 2.05) is 0 Å². The molecule has 1 aromatic carbocycles. The van der Waals surface area contributed by atoms with Crippen LogP contribution in [-0.2, 0) is 20.7 Å². The van der Waals surface area contributed by atoms with Crippen molar-refractivity contribution in [2.45, 2.75) is 19.3 Å². The maximum atomic E-state index is 12.9. The van der Waals surface area contributed by atoms with Gasteiger partial charge in [0.05, 0.1) is 19.6 Å². The van der Waals surface area contributed by atoms with Gasteiger partial charge in [-0.3, -0.25) is 9.79 Å². The number of aliphatic imine (C=N–C) groups is 1. The van der Waals surface area contributed by atoms with E-state index in [2.05, 4.69) is 20.9 Å². The zero-order chi connectivity index (χ0) is 20.0. The third-order valence-electron chi connectivity index (χ3n) is 4.38. The van der Waals surface area contributed by atoms with Crippen LogP contribution in [0.15, 0.2) is 29.3 Å². The minimum absolute atomic E-state index is 0. The normalized spacial score (nSPS) is 16.2. The molecule has 1 atom stereocenters. The highest BCUT2D eigenvalue weighted by Gasteiger charge is 2.15. The molecule has 164 valence electrons. The largest absolute Gasteiger partial charge is 0.381 e. The number of hydrogen-bond acceptors (Lipinski definition) is 4. The van der Waals surface area contributed by atoms with Crippen LogP contribution in [0.1, 0.15) is 18.4 Å². The fourth-order valence-electron chi connectivity index (χ4n) is 2.80. The van der Waals surface area contributed by atoms with Gasteiger partial charge in [-0.15, -0.1) is 24.0 Å². The molecule has 1 aliphatic rings. The summed E-state index contributed by atoms with van der Waals surface area (Å²) in [4.78, 5) is 16.0. The van der Waals surface area contributed by atoms with Crippen LogP contribution >= 0.6 is 24.0 Å². The molecule has 0 bridgehead atoms. The van der Waals surface area contributed by atoms with Gasteiger partial charge < -0.3 is 25.4 Å². The van der Waals surface area contributed by atoms with Gasteiger partial charge >= 0.3 is 0 Å². The van der Waals surface area contributed by atoms with Gasteiger partial charge in [-0.1, -0.05) is 12.1 Å². The summed E-state index contributed by atoms with van der Waals surface area (Å²) in [6.45, 7) is 4.95. The van der Waals surface area contributed by atoms with Crippen molar-refractivity contribution in [2.24, 2.45) is 10.9 Å². The van der Waals surface area contributed by atoms with Gasteiger partial charge in [0.1, 0.15) is 5.82 Å². The molecule has 2 rings (SSSR count). The van der Waals surface area contributed by atoms with Crippen LogP contribution in [0.2, 0.25) is 0 Å². The fraction of sp³-hybridized carbons (Fsp3) is 0.600. The van der Waals surface area contributed by atoms with Gasteiger partial charge in [0, 0.05) is 45.8 Å². The van der Waals surface area contributed by atoms with Crippen LogP contribution in [0.5, 0.6) is 0 Å². The third-order valence-corrected chi connectivity index (χ3v) is 4.38. The lowest BCUT2D eigenvalue weighted by atomic mass is 10.1. The predicted octanol–water partition coefficient (Wildman–Crippen LogP) is 1.71. The van der Waals surface area contributed by atoms with Crippen LogP contribution in [0, 0.1) is 11.7 Å². The highest BCUT2D eigenvalue weighted by atomic mass is 127. The molecule has 1 fully saturated rings. The van der Waals surface area contributed by atoms with Crippen LogP contribution in [0.25, 0.3) is 0 Å². The molecule has 0 spiro atoms. The molecule has 0 aliphatic carbocycles. The highest BCUT2D eigenvalue weighted by Crippen LogP contribution is 2.12. The monoisotopic (exact) mass is 522 g/mol. The number of rotatable bonds is 11. The van der Waals surface area contributed by atoms with E-state index in [-0.39, 0.29) is 42.1 Å². The number of nitrogens with one attached hydrogen (secondary N) is 3. The van der Waals surface area contributed by atoms with E-state index in [0.717, 1.165) is 44.8 Å². The molecule has 29 heavy (non-hydrogen) atoms. The van der Waals surface area contributed by atoms with E-state index in [0.29, 0.717) is 31.6 Å². The first-order chi connectivity index (χ1) is 13.7. The zero-order valence-electron chi connectivity index (χ0n) is 16.9. The molecule has 0 saturated carbocycles. The highest BCUT2D eigenvalue weighted by molar-refractivity contribution is 14.0. The van der Waals surface area contributed by atoms with Crippen molar-refractivity contribution in [3.05, 3.63) is 35.6 Å². The minimum atomic E-state index is -0.304. The second kappa shape index (κ2) is 15.4. The molecule has 0 aromatic heterocycles. The second-order valence-electron chi connectivity index (χ2n) is 6.74. The smallest absolute Gasteiger partial charge is 0.224 e. The molecule has 1 amide bonds. The van der Waals surface area contributed by atoms with Crippen molar-refractivity contribution in [1.29, 1.82) is 0 Å². The van der Waals surface area contributed by atoms with Gasteiger partial charge in [0.2, 0.25) is 5.91 Å². The predicted molar refractivity (Wildman–Crippen MR) is 122 cm³/mol. The Labute approximate surface area is 189 Å². The third kappa shape index (κ3) is 11.3. The molecule has 1 aliphatic heterocycles. The molecule has 1 aromatic rings. The lowest BCUT2D eigenvalue weighted by molar-refractivity contribution is -0.120. The summed E-state index contributed by atoms with van der Waals surface area (Å²) in [5.74, 6) is 0.834. The average Bonchev–Trinajstić information content (AvgIpc) is 3.21. The number of guanidine groups is 1. The Hall–Kier alpha value is -1.46. The molecule has 3 N–H and O–H groups in total. The van der Waals surface area contributed by atoms with E-state index in [1.165, 1.54) is 12.1 Å². The quantitative estimate of drug-likeness (QED) is 0.179. The number of carbonyl (C=O) groups is 1. The molecule has 7 nitrogen and oxygen atoms in total. The number of halogens is 2. The summed E-state index contributed by atoms with van der Waals surface area (Å²) in [7, 11) is 1.71. The first-order valence-electron chi connectivity index (χ1n) is 9.78.